The summed E-state index contributed by atoms with van der Waals surface area (Å²) in [7, 11) is 0. The highest BCUT2D eigenvalue weighted by Crippen LogP contribution is 2.23. The van der Waals surface area contributed by atoms with Crippen molar-refractivity contribution in [2.24, 2.45) is 0 Å². The molecule has 2 rings (SSSR count). The summed E-state index contributed by atoms with van der Waals surface area (Å²) in [6.07, 6.45) is 3.68. The van der Waals surface area contributed by atoms with Crippen molar-refractivity contribution < 1.29 is 0 Å². The highest BCUT2D eigenvalue weighted by atomic mass is 79.9. The van der Waals surface area contributed by atoms with Crippen LogP contribution in [0.1, 0.15) is 49.6 Å². The summed E-state index contributed by atoms with van der Waals surface area (Å²) in [5.41, 5.74) is 4.82. The molecule has 21 heavy (non-hydrogen) atoms. The summed E-state index contributed by atoms with van der Waals surface area (Å²) >= 11 is 3.40. The molecule has 0 spiro atoms. The number of nitrogens with one attached hydrogen (secondary N) is 1. The molecule has 0 aliphatic carbocycles. The Morgan fingerprint density at radius 1 is 1.14 bits per heavy atom. The molecule has 1 aromatic heterocycles. The summed E-state index contributed by atoms with van der Waals surface area (Å²) in [6, 6.07) is 13.3. The first-order valence-electron chi connectivity index (χ1n) is 7.58. The van der Waals surface area contributed by atoms with E-state index in [4.69, 9.17) is 0 Å². The highest BCUT2D eigenvalue weighted by molar-refractivity contribution is 9.10. The lowest BCUT2D eigenvalue weighted by Crippen LogP contribution is -2.08. The van der Waals surface area contributed by atoms with Crippen LogP contribution in [0.2, 0.25) is 0 Å². The molecule has 1 heterocycles. The zero-order chi connectivity index (χ0) is 15.2. The third-order valence-electron chi connectivity index (χ3n) is 3.72. The molecule has 1 atom stereocenters. The standard InChI is InChI=1S/C18H23BrN2/c1-4-5-6-15-7-9-16(10-8-15)13(2)20-17-11-12-18(19)21-14(17)3/h7-13,20H,4-6H2,1-3H3. The minimum Gasteiger partial charge on any atom is -0.377 e. The second-order valence-electron chi connectivity index (χ2n) is 5.48. The molecule has 1 aromatic carbocycles. The van der Waals surface area contributed by atoms with Crippen molar-refractivity contribution in [3.05, 3.63) is 57.8 Å². The number of hydrogen-bond acceptors (Lipinski definition) is 2. The molecule has 0 bridgehead atoms. The molecule has 0 saturated heterocycles. The van der Waals surface area contributed by atoms with Crippen molar-refractivity contribution in [3.8, 4) is 0 Å². The largest absolute Gasteiger partial charge is 0.377 e. The third-order valence-corrected chi connectivity index (χ3v) is 4.16. The Balaban J connectivity index is 2.04. The molecule has 1 N–H and O–H groups in total. The fourth-order valence-electron chi connectivity index (χ4n) is 2.35. The van der Waals surface area contributed by atoms with E-state index in [1.807, 2.05) is 13.0 Å². The van der Waals surface area contributed by atoms with Gasteiger partial charge in [-0.1, -0.05) is 37.6 Å². The highest BCUT2D eigenvalue weighted by Gasteiger charge is 2.08. The normalized spacial score (nSPS) is 12.2. The van der Waals surface area contributed by atoms with E-state index in [9.17, 15) is 0 Å². The number of halogens is 1. The number of rotatable bonds is 6. The van der Waals surface area contributed by atoms with Gasteiger partial charge in [0.25, 0.3) is 0 Å². The molecule has 1 unspecified atom stereocenters. The molecular formula is C18H23BrN2. The molecule has 112 valence electrons. The number of unbranched alkanes of at least 4 members (excludes halogenated alkanes) is 1. The topological polar surface area (TPSA) is 24.9 Å². The minimum absolute atomic E-state index is 0.270. The van der Waals surface area contributed by atoms with Gasteiger partial charge in [0.15, 0.2) is 0 Å². The minimum atomic E-state index is 0.270. The quantitative estimate of drug-likeness (QED) is 0.681. The second-order valence-corrected chi connectivity index (χ2v) is 6.29. The van der Waals surface area contributed by atoms with Gasteiger partial charge >= 0.3 is 0 Å². The van der Waals surface area contributed by atoms with Crippen LogP contribution in [0.3, 0.4) is 0 Å². The van der Waals surface area contributed by atoms with E-state index in [-0.39, 0.29) is 6.04 Å². The Labute approximate surface area is 136 Å². The van der Waals surface area contributed by atoms with Crippen LogP contribution in [0.25, 0.3) is 0 Å². The van der Waals surface area contributed by atoms with Crippen LogP contribution in [-0.2, 0) is 6.42 Å². The van der Waals surface area contributed by atoms with Gasteiger partial charge in [0.2, 0.25) is 0 Å². The lowest BCUT2D eigenvalue weighted by Gasteiger charge is -2.17. The van der Waals surface area contributed by atoms with Crippen LogP contribution in [-0.4, -0.2) is 4.98 Å². The van der Waals surface area contributed by atoms with Gasteiger partial charge in [-0.25, -0.2) is 4.98 Å². The first kappa shape index (κ1) is 16.0. The third kappa shape index (κ3) is 4.57. The summed E-state index contributed by atoms with van der Waals surface area (Å²) < 4.78 is 0.874. The van der Waals surface area contributed by atoms with Gasteiger partial charge in [-0.3, -0.25) is 0 Å². The number of aryl methyl sites for hydroxylation is 2. The van der Waals surface area contributed by atoms with E-state index in [0.29, 0.717) is 0 Å². The number of hydrogen-bond donors (Lipinski definition) is 1. The summed E-state index contributed by atoms with van der Waals surface area (Å²) in [5, 5.41) is 3.53. The number of nitrogens with zero attached hydrogens (tertiary/aromatic N) is 1. The average Bonchev–Trinajstić information content (AvgIpc) is 2.48. The lowest BCUT2D eigenvalue weighted by atomic mass is 10.0. The van der Waals surface area contributed by atoms with Crippen LogP contribution in [0.15, 0.2) is 41.0 Å². The number of pyridine rings is 1. The number of benzene rings is 1. The Kier molecular flexibility index (Phi) is 5.80. The van der Waals surface area contributed by atoms with Gasteiger partial charge in [-0.2, -0.15) is 0 Å². The fourth-order valence-corrected chi connectivity index (χ4v) is 2.75. The Bertz CT molecular complexity index is 578. The first-order valence-corrected chi connectivity index (χ1v) is 8.38. The van der Waals surface area contributed by atoms with E-state index in [1.165, 1.54) is 30.4 Å². The predicted octanol–water partition coefficient (Wildman–Crippen LogP) is 5.67. The van der Waals surface area contributed by atoms with Crippen LogP contribution < -0.4 is 5.32 Å². The Morgan fingerprint density at radius 3 is 2.48 bits per heavy atom. The zero-order valence-corrected chi connectivity index (χ0v) is 14.6. The second kappa shape index (κ2) is 7.60. The van der Waals surface area contributed by atoms with E-state index in [2.05, 4.69) is 70.4 Å². The Morgan fingerprint density at radius 2 is 1.86 bits per heavy atom. The predicted molar refractivity (Wildman–Crippen MR) is 93.8 cm³/mol. The molecule has 3 heteroatoms. The van der Waals surface area contributed by atoms with Gasteiger partial charge in [0, 0.05) is 6.04 Å². The van der Waals surface area contributed by atoms with Crippen molar-refractivity contribution in [1.29, 1.82) is 0 Å². The van der Waals surface area contributed by atoms with Gasteiger partial charge in [0.1, 0.15) is 4.60 Å². The molecule has 0 aliphatic heterocycles. The molecule has 0 radical (unpaired) electrons. The molecular weight excluding hydrogens is 324 g/mol. The molecule has 2 nitrogen and oxygen atoms in total. The van der Waals surface area contributed by atoms with Crippen molar-refractivity contribution in [2.45, 2.75) is 46.1 Å². The summed E-state index contributed by atoms with van der Waals surface area (Å²) in [6.45, 7) is 6.44. The average molecular weight is 347 g/mol. The van der Waals surface area contributed by atoms with Crippen molar-refractivity contribution in [3.63, 3.8) is 0 Å². The van der Waals surface area contributed by atoms with Gasteiger partial charge < -0.3 is 5.32 Å². The monoisotopic (exact) mass is 346 g/mol. The van der Waals surface area contributed by atoms with Crippen LogP contribution in [0, 0.1) is 6.92 Å². The van der Waals surface area contributed by atoms with Gasteiger partial charge in [-0.15, -0.1) is 0 Å². The van der Waals surface area contributed by atoms with Gasteiger partial charge in [-0.05, 0) is 65.9 Å². The maximum atomic E-state index is 4.42. The molecule has 0 fully saturated rings. The molecule has 2 aromatic rings. The SMILES string of the molecule is CCCCc1ccc(C(C)Nc2ccc(Br)nc2C)cc1. The van der Waals surface area contributed by atoms with E-state index >= 15 is 0 Å². The smallest absolute Gasteiger partial charge is 0.106 e. The fraction of sp³-hybridized carbons (Fsp3) is 0.389. The number of aromatic nitrogens is 1. The van der Waals surface area contributed by atoms with E-state index in [1.54, 1.807) is 0 Å². The van der Waals surface area contributed by atoms with Crippen LogP contribution >= 0.6 is 15.9 Å². The van der Waals surface area contributed by atoms with E-state index in [0.717, 1.165) is 16.0 Å². The van der Waals surface area contributed by atoms with Gasteiger partial charge in [0.05, 0.1) is 11.4 Å². The summed E-state index contributed by atoms with van der Waals surface area (Å²) in [4.78, 5) is 4.42. The van der Waals surface area contributed by atoms with E-state index < -0.39 is 0 Å². The molecule has 0 saturated carbocycles. The summed E-state index contributed by atoms with van der Waals surface area (Å²) in [5.74, 6) is 0. The van der Waals surface area contributed by atoms with Crippen molar-refractivity contribution in [2.75, 3.05) is 5.32 Å². The zero-order valence-electron chi connectivity index (χ0n) is 13.0. The van der Waals surface area contributed by atoms with Crippen molar-refractivity contribution >= 4 is 21.6 Å². The van der Waals surface area contributed by atoms with Crippen LogP contribution in [0.5, 0.6) is 0 Å². The maximum absolute atomic E-state index is 4.42. The molecule has 0 aliphatic rings. The molecule has 0 amide bonds. The number of anilines is 1. The van der Waals surface area contributed by atoms with Crippen LogP contribution in [0.4, 0.5) is 5.69 Å². The first-order chi connectivity index (χ1) is 10.1. The lowest BCUT2D eigenvalue weighted by molar-refractivity contribution is 0.793. The maximum Gasteiger partial charge on any atom is 0.106 e. The Hall–Kier alpha value is -1.35. The van der Waals surface area contributed by atoms with Crippen molar-refractivity contribution in [1.82, 2.24) is 4.98 Å².